The third-order valence-corrected chi connectivity index (χ3v) is 3.05. The SMILES string of the molecule is CNC(=O)NC(=O)[C@H](C)N(C)CC(=O)Nc1cccc(C)n1. The van der Waals surface area contributed by atoms with Gasteiger partial charge >= 0.3 is 6.03 Å². The van der Waals surface area contributed by atoms with E-state index in [1.165, 1.54) is 11.9 Å². The molecule has 3 N–H and O–H groups in total. The molecule has 1 atom stereocenters. The molecule has 1 heterocycles. The maximum Gasteiger partial charge on any atom is 0.321 e. The average Bonchev–Trinajstić information content (AvgIpc) is 2.45. The Morgan fingerprint density at radius 2 is 2.00 bits per heavy atom. The minimum atomic E-state index is -0.631. The van der Waals surface area contributed by atoms with E-state index in [0.29, 0.717) is 5.82 Å². The number of rotatable bonds is 5. The number of anilines is 1. The molecule has 0 unspecified atom stereocenters. The molecule has 0 saturated heterocycles. The van der Waals surface area contributed by atoms with Gasteiger partial charge in [0.2, 0.25) is 11.8 Å². The summed E-state index contributed by atoms with van der Waals surface area (Å²) in [7, 11) is 3.04. The second-order valence-electron chi connectivity index (χ2n) is 4.87. The zero-order valence-electron chi connectivity index (χ0n) is 13.1. The predicted molar refractivity (Wildman–Crippen MR) is 82.3 cm³/mol. The van der Waals surface area contributed by atoms with E-state index in [1.807, 2.05) is 13.0 Å². The fourth-order valence-corrected chi connectivity index (χ4v) is 1.64. The Morgan fingerprint density at radius 1 is 1.32 bits per heavy atom. The lowest BCUT2D eigenvalue weighted by atomic mass is 10.2. The van der Waals surface area contributed by atoms with Crippen molar-refractivity contribution in [3.8, 4) is 0 Å². The van der Waals surface area contributed by atoms with E-state index < -0.39 is 18.0 Å². The second kappa shape index (κ2) is 8.08. The van der Waals surface area contributed by atoms with E-state index in [2.05, 4.69) is 20.9 Å². The predicted octanol–water partition coefficient (Wildman–Crippen LogP) is 0.104. The van der Waals surface area contributed by atoms with Crippen LogP contribution in [0.3, 0.4) is 0 Å². The Morgan fingerprint density at radius 3 is 2.59 bits per heavy atom. The lowest BCUT2D eigenvalue weighted by molar-refractivity contribution is -0.125. The normalized spacial score (nSPS) is 11.7. The summed E-state index contributed by atoms with van der Waals surface area (Å²) >= 11 is 0. The van der Waals surface area contributed by atoms with Crippen molar-refractivity contribution in [2.45, 2.75) is 19.9 Å². The first-order valence-electron chi connectivity index (χ1n) is 6.79. The van der Waals surface area contributed by atoms with Crippen molar-refractivity contribution >= 4 is 23.7 Å². The van der Waals surface area contributed by atoms with Crippen LogP contribution < -0.4 is 16.0 Å². The van der Waals surface area contributed by atoms with E-state index in [1.54, 1.807) is 26.1 Å². The number of imide groups is 1. The molecule has 0 radical (unpaired) electrons. The van der Waals surface area contributed by atoms with Crippen LogP contribution in [0.1, 0.15) is 12.6 Å². The molecule has 0 saturated carbocycles. The summed E-state index contributed by atoms with van der Waals surface area (Å²) in [4.78, 5) is 40.5. The summed E-state index contributed by atoms with van der Waals surface area (Å²) in [6.45, 7) is 3.43. The molecule has 0 aliphatic carbocycles. The van der Waals surface area contributed by atoms with Crippen molar-refractivity contribution in [1.82, 2.24) is 20.5 Å². The van der Waals surface area contributed by atoms with Gasteiger partial charge in [-0.25, -0.2) is 9.78 Å². The number of urea groups is 1. The Labute approximate surface area is 129 Å². The van der Waals surface area contributed by atoms with Gasteiger partial charge in [-0.15, -0.1) is 0 Å². The molecular formula is C14H21N5O3. The molecule has 0 aromatic carbocycles. The summed E-state index contributed by atoms with van der Waals surface area (Å²) in [5.41, 5.74) is 0.796. The molecule has 22 heavy (non-hydrogen) atoms. The van der Waals surface area contributed by atoms with E-state index >= 15 is 0 Å². The van der Waals surface area contributed by atoms with E-state index in [4.69, 9.17) is 0 Å². The van der Waals surface area contributed by atoms with Gasteiger partial charge in [-0.2, -0.15) is 0 Å². The maximum absolute atomic E-state index is 11.9. The summed E-state index contributed by atoms with van der Waals surface area (Å²) in [6.07, 6.45) is 0. The van der Waals surface area contributed by atoms with Gasteiger partial charge in [-0.1, -0.05) is 6.07 Å². The molecule has 1 aromatic heterocycles. The number of carbonyl (C=O) groups is 3. The number of nitrogens with zero attached hydrogens (tertiary/aromatic N) is 2. The van der Waals surface area contributed by atoms with Gasteiger partial charge < -0.3 is 10.6 Å². The number of pyridine rings is 1. The molecule has 4 amide bonds. The third-order valence-electron chi connectivity index (χ3n) is 3.05. The quantitative estimate of drug-likeness (QED) is 0.716. The van der Waals surface area contributed by atoms with E-state index in [0.717, 1.165) is 5.69 Å². The monoisotopic (exact) mass is 307 g/mol. The number of likely N-dealkylation sites (N-methyl/N-ethyl adjacent to an activating group) is 1. The molecule has 0 fully saturated rings. The fourth-order valence-electron chi connectivity index (χ4n) is 1.64. The highest BCUT2D eigenvalue weighted by Crippen LogP contribution is 2.04. The lowest BCUT2D eigenvalue weighted by Gasteiger charge is -2.22. The molecule has 8 heteroatoms. The van der Waals surface area contributed by atoms with Crippen LogP contribution in [0.15, 0.2) is 18.2 Å². The van der Waals surface area contributed by atoms with Gasteiger partial charge in [-0.3, -0.25) is 19.8 Å². The zero-order valence-corrected chi connectivity index (χ0v) is 13.1. The minimum absolute atomic E-state index is 0.00203. The standard InChI is InChI=1S/C14H21N5O3/c1-9-6-5-7-11(16-9)17-12(20)8-19(4)10(2)13(21)18-14(22)15-3/h5-7,10H,8H2,1-4H3,(H,16,17,20)(H2,15,18,21,22)/t10-/m0/s1. The van der Waals surface area contributed by atoms with Crippen LogP contribution in [0.5, 0.6) is 0 Å². The molecule has 1 aromatic rings. The Hall–Kier alpha value is -2.48. The minimum Gasteiger partial charge on any atom is -0.341 e. The topological polar surface area (TPSA) is 103 Å². The molecule has 0 aliphatic rings. The molecule has 120 valence electrons. The van der Waals surface area contributed by atoms with Crippen LogP contribution in [0.25, 0.3) is 0 Å². The number of hydrogen-bond acceptors (Lipinski definition) is 5. The average molecular weight is 307 g/mol. The highest BCUT2D eigenvalue weighted by Gasteiger charge is 2.21. The first kappa shape index (κ1) is 17.6. The van der Waals surface area contributed by atoms with Gasteiger partial charge in [0.25, 0.3) is 0 Å². The molecule has 0 spiro atoms. The Kier molecular flexibility index (Phi) is 6.46. The number of hydrogen-bond donors (Lipinski definition) is 3. The fraction of sp³-hybridized carbons (Fsp3) is 0.429. The molecule has 8 nitrogen and oxygen atoms in total. The molecule has 1 rings (SSSR count). The number of amides is 4. The van der Waals surface area contributed by atoms with Gasteiger partial charge in [0.15, 0.2) is 0 Å². The van der Waals surface area contributed by atoms with Crippen molar-refractivity contribution in [3.05, 3.63) is 23.9 Å². The molecular weight excluding hydrogens is 286 g/mol. The Bertz CT molecular complexity index is 561. The van der Waals surface area contributed by atoms with Crippen molar-refractivity contribution in [3.63, 3.8) is 0 Å². The van der Waals surface area contributed by atoms with Crippen LogP contribution >= 0.6 is 0 Å². The summed E-state index contributed by atoms with van der Waals surface area (Å²) in [5, 5.41) is 7.11. The summed E-state index contributed by atoms with van der Waals surface area (Å²) in [6, 6.07) is 4.09. The van der Waals surface area contributed by atoms with Crippen LogP contribution in [-0.2, 0) is 9.59 Å². The summed E-state index contributed by atoms with van der Waals surface area (Å²) < 4.78 is 0. The third kappa shape index (κ3) is 5.49. The van der Waals surface area contributed by atoms with E-state index in [9.17, 15) is 14.4 Å². The van der Waals surface area contributed by atoms with Crippen molar-refractivity contribution in [2.75, 3.05) is 26.0 Å². The van der Waals surface area contributed by atoms with Crippen molar-refractivity contribution in [2.24, 2.45) is 0 Å². The first-order valence-corrected chi connectivity index (χ1v) is 6.79. The smallest absolute Gasteiger partial charge is 0.321 e. The van der Waals surface area contributed by atoms with Crippen LogP contribution in [0.4, 0.5) is 10.6 Å². The van der Waals surface area contributed by atoms with E-state index in [-0.39, 0.29) is 12.5 Å². The highest BCUT2D eigenvalue weighted by atomic mass is 16.2. The van der Waals surface area contributed by atoms with Gasteiger partial charge in [-0.05, 0) is 33.0 Å². The van der Waals surface area contributed by atoms with Gasteiger partial charge in [0.05, 0.1) is 12.6 Å². The highest BCUT2D eigenvalue weighted by molar-refractivity contribution is 5.97. The molecule has 0 bridgehead atoms. The van der Waals surface area contributed by atoms with Crippen molar-refractivity contribution in [1.29, 1.82) is 0 Å². The van der Waals surface area contributed by atoms with Gasteiger partial charge in [0.1, 0.15) is 5.82 Å². The Balaban J connectivity index is 2.52. The van der Waals surface area contributed by atoms with Crippen molar-refractivity contribution < 1.29 is 14.4 Å². The van der Waals surface area contributed by atoms with Crippen LogP contribution in [0.2, 0.25) is 0 Å². The number of aryl methyl sites for hydroxylation is 1. The molecule has 0 aliphatic heterocycles. The summed E-state index contributed by atoms with van der Waals surface area (Å²) in [5.74, 6) is -0.315. The number of nitrogens with one attached hydrogen (secondary N) is 3. The first-order chi connectivity index (χ1) is 10.3. The van der Waals surface area contributed by atoms with Crippen LogP contribution in [-0.4, -0.2) is 54.4 Å². The zero-order chi connectivity index (χ0) is 16.7. The largest absolute Gasteiger partial charge is 0.341 e. The number of aromatic nitrogens is 1. The lowest BCUT2D eigenvalue weighted by Crippen LogP contribution is -2.49. The van der Waals surface area contributed by atoms with Gasteiger partial charge in [0, 0.05) is 12.7 Å². The number of carbonyl (C=O) groups excluding carboxylic acids is 3. The second-order valence-corrected chi connectivity index (χ2v) is 4.87. The van der Waals surface area contributed by atoms with Crippen LogP contribution in [0, 0.1) is 6.92 Å². The maximum atomic E-state index is 11.9.